The van der Waals surface area contributed by atoms with E-state index in [0.29, 0.717) is 12.1 Å². The number of hydrogen-bond donors (Lipinski definition) is 1. The molecule has 1 aromatic heterocycles. The molecule has 0 unspecified atom stereocenters. The molecule has 0 bridgehead atoms. The quantitative estimate of drug-likeness (QED) is 0.469. The SMILES string of the molecule is CCc1noc(C)c1C(=O)OCC(=O)Nc1ccc([N+](=O)[O-])cc1C#N. The standard InChI is InChI=1S/C16H14N4O6/c1-3-12-15(9(2)26-19-12)16(22)25-8-14(21)18-13-5-4-11(20(23)24)6-10(13)7-17/h4-6H,3,8H2,1-2H3,(H,18,21). The Morgan fingerprint density at radius 1 is 1.46 bits per heavy atom. The van der Waals surface area contributed by atoms with Gasteiger partial charge in [0.1, 0.15) is 17.4 Å². The van der Waals surface area contributed by atoms with Gasteiger partial charge in [-0.15, -0.1) is 0 Å². The van der Waals surface area contributed by atoms with Gasteiger partial charge < -0.3 is 14.6 Å². The van der Waals surface area contributed by atoms with Crippen LogP contribution in [0.5, 0.6) is 0 Å². The summed E-state index contributed by atoms with van der Waals surface area (Å²) >= 11 is 0. The lowest BCUT2D eigenvalue weighted by molar-refractivity contribution is -0.384. The van der Waals surface area contributed by atoms with Crippen molar-refractivity contribution in [3.05, 3.63) is 50.9 Å². The molecule has 2 aromatic rings. The molecule has 1 amide bonds. The van der Waals surface area contributed by atoms with Crippen LogP contribution in [0.3, 0.4) is 0 Å². The molecule has 0 aliphatic heterocycles. The number of nitrogens with zero attached hydrogens (tertiary/aromatic N) is 3. The van der Waals surface area contributed by atoms with Crippen LogP contribution in [0.2, 0.25) is 0 Å². The first-order valence-electron chi connectivity index (χ1n) is 7.48. The maximum atomic E-state index is 12.1. The molecule has 10 heteroatoms. The molecule has 1 N–H and O–H groups in total. The molecule has 0 atom stereocenters. The van der Waals surface area contributed by atoms with Crippen LogP contribution in [0.25, 0.3) is 0 Å². The maximum absolute atomic E-state index is 12.1. The molecule has 134 valence electrons. The summed E-state index contributed by atoms with van der Waals surface area (Å²) < 4.78 is 9.87. The van der Waals surface area contributed by atoms with Crippen LogP contribution in [0.15, 0.2) is 22.7 Å². The Morgan fingerprint density at radius 2 is 2.19 bits per heavy atom. The maximum Gasteiger partial charge on any atom is 0.344 e. The number of rotatable bonds is 6. The van der Waals surface area contributed by atoms with Gasteiger partial charge >= 0.3 is 5.97 Å². The number of non-ortho nitro benzene ring substituents is 1. The highest BCUT2D eigenvalue weighted by molar-refractivity contribution is 5.97. The number of benzene rings is 1. The molecule has 0 radical (unpaired) electrons. The largest absolute Gasteiger partial charge is 0.452 e. The van der Waals surface area contributed by atoms with E-state index >= 15 is 0 Å². The molecule has 1 heterocycles. The number of nitro benzene ring substituents is 1. The fourth-order valence-corrected chi connectivity index (χ4v) is 2.16. The monoisotopic (exact) mass is 358 g/mol. The lowest BCUT2D eigenvalue weighted by atomic mass is 10.1. The number of aromatic nitrogens is 1. The van der Waals surface area contributed by atoms with Crippen molar-refractivity contribution in [1.82, 2.24) is 5.16 Å². The Morgan fingerprint density at radius 3 is 2.81 bits per heavy atom. The van der Waals surface area contributed by atoms with Crippen molar-refractivity contribution in [3.8, 4) is 6.07 Å². The number of carbonyl (C=O) groups excluding carboxylic acids is 2. The lowest BCUT2D eigenvalue weighted by Crippen LogP contribution is -2.22. The molecule has 26 heavy (non-hydrogen) atoms. The number of carbonyl (C=O) groups is 2. The van der Waals surface area contributed by atoms with E-state index in [4.69, 9.17) is 14.5 Å². The van der Waals surface area contributed by atoms with Crippen LogP contribution in [0.1, 0.15) is 34.3 Å². The van der Waals surface area contributed by atoms with Crippen molar-refractivity contribution < 1.29 is 23.8 Å². The minimum Gasteiger partial charge on any atom is -0.452 e. The molecule has 1 aromatic carbocycles. The highest BCUT2D eigenvalue weighted by Gasteiger charge is 2.21. The Hall–Kier alpha value is -3.74. The van der Waals surface area contributed by atoms with E-state index in [1.54, 1.807) is 19.9 Å². The molecular formula is C16H14N4O6. The zero-order chi connectivity index (χ0) is 19.3. The van der Waals surface area contributed by atoms with Gasteiger partial charge in [-0.2, -0.15) is 5.26 Å². The van der Waals surface area contributed by atoms with Gasteiger partial charge in [-0.3, -0.25) is 14.9 Å². The Balaban J connectivity index is 2.03. The van der Waals surface area contributed by atoms with Crippen LogP contribution >= 0.6 is 0 Å². The van der Waals surface area contributed by atoms with Crippen molar-refractivity contribution in [2.75, 3.05) is 11.9 Å². The van der Waals surface area contributed by atoms with Gasteiger partial charge in [0.2, 0.25) is 0 Å². The fraction of sp³-hybridized carbons (Fsp3) is 0.250. The fourth-order valence-electron chi connectivity index (χ4n) is 2.16. The molecule has 0 saturated heterocycles. The highest BCUT2D eigenvalue weighted by atomic mass is 16.6. The Labute approximate surface area is 147 Å². The third-order valence-corrected chi connectivity index (χ3v) is 3.42. The number of nitro groups is 1. The van der Waals surface area contributed by atoms with Crippen LogP contribution in [0, 0.1) is 28.4 Å². The molecule has 10 nitrogen and oxygen atoms in total. The average molecular weight is 358 g/mol. The highest BCUT2D eigenvalue weighted by Crippen LogP contribution is 2.21. The molecule has 0 spiro atoms. The van der Waals surface area contributed by atoms with Crippen LogP contribution < -0.4 is 5.32 Å². The van der Waals surface area contributed by atoms with Gasteiger partial charge in [0.05, 0.1) is 21.9 Å². The number of anilines is 1. The first-order chi connectivity index (χ1) is 12.4. The van der Waals surface area contributed by atoms with E-state index in [9.17, 15) is 19.7 Å². The van der Waals surface area contributed by atoms with Gasteiger partial charge in [0.15, 0.2) is 6.61 Å². The van der Waals surface area contributed by atoms with Gasteiger partial charge in [-0.05, 0) is 19.4 Å². The zero-order valence-corrected chi connectivity index (χ0v) is 13.9. The number of aryl methyl sites for hydroxylation is 2. The predicted molar refractivity (Wildman–Crippen MR) is 87.3 cm³/mol. The van der Waals surface area contributed by atoms with E-state index < -0.39 is 23.4 Å². The number of esters is 1. The van der Waals surface area contributed by atoms with E-state index in [1.807, 2.05) is 0 Å². The number of nitriles is 1. The summed E-state index contributed by atoms with van der Waals surface area (Å²) in [4.78, 5) is 34.1. The second-order valence-electron chi connectivity index (χ2n) is 5.14. The lowest BCUT2D eigenvalue weighted by Gasteiger charge is -2.08. The summed E-state index contributed by atoms with van der Waals surface area (Å²) in [5, 5.41) is 25.9. The molecule has 2 rings (SSSR count). The van der Waals surface area contributed by atoms with E-state index in [1.165, 1.54) is 6.07 Å². The topological polar surface area (TPSA) is 148 Å². The third-order valence-electron chi connectivity index (χ3n) is 3.42. The van der Waals surface area contributed by atoms with Crippen molar-refractivity contribution in [1.29, 1.82) is 5.26 Å². The summed E-state index contributed by atoms with van der Waals surface area (Å²) in [5.41, 5.74) is 0.320. The van der Waals surface area contributed by atoms with E-state index in [2.05, 4.69) is 10.5 Å². The molecule has 0 saturated carbocycles. The minimum atomic E-state index is -0.750. The van der Waals surface area contributed by atoms with E-state index in [-0.39, 0.29) is 28.3 Å². The van der Waals surface area contributed by atoms with Gasteiger partial charge in [0.25, 0.3) is 11.6 Å². The number of ether oxygens (including phenoxy) is 1. The van der Waals surface area contributed by atoms with Gasteiger partial charge in [0, 0.05) is 12.1 Å². The van der Waals surface area contributed by atoms with Crippen molar-refractivity contribution in [2.24, 2.45) is 0 Å². The summed E-state index contributed by atoms with van der Waals surface area (Å²) in [6.45, 7) is 2.74. The molecular weight excluding hydrogens is 344 g/mol. The zero-order valence-electron chi connectivity index (χ0n) is 13.9. The van der Waals surface area contributed by atoms with Crippen LogP contribution in [0.4, 0.5) is 11.4 Å². The number of hydrogen-bond acceptors (Lipinski definition) is 8. The summed E-state index contributed by atoms with van der Waals surface area (Å²) in [6.07, 6.45) is 0.461. The number of amides is 1. The normalized spacial score (nSPS) is 10.0. The molecule has 0 fully saturated rings. The van der Waals surface area contributed by atoms with Crippen molar-refractivity contribution in [2.45, 2.75) is 20.3 Å². The summed E-state index contributed by atoms with van der Waals surface area (Å²) in [5.74, 6) is -1.16. The smallest absolute Gasteiger partial charge is 0.344 e. The summed E-state index contributed by atoms with van der Waals surface area (Å²) in [6, 6.07) is 5.18. The third kappa shape index (κ3) is 4.02. The minimum absolute atomic E-state index is 0.0783. The first kappa shape index (κ1) is 18.6. The van der Waals surface area contributed by atoms with Crippen molar-refractivity contribution >= 4 is 23.3 Å². The van der Waals surface area contributed by atoms with Gasteiger partial charge in [-0.1, -0.05) is 12.1 Å². The predicted octanol–water partition coefficient (Wildman–Crippen LogP) is 2.12. The van der Waals surface area contributed by atoms with Crippen LogP contribution in [-0.4, -0.2) is 28.6 Å². The van der Waals surface area contributed by atoms with Gasteiger partial charge in [-0.25, -0.2) is 4.79 Å². The Bertz CT molecular complexity index is 912. The van der Waals surface area contributed by atoms with E-state index in [0.717, 1.165) is 12.1 Å². The first-order valence-corrected chi connectivity index (χ1v) is 7.48. The second kappa shape index (κ2) is 7.89. The Kier molecular flexibility index (Phi) is 5.64. The summed E-state index contributed by atoms with van der Waals surface area (Å²) in [7, 11) is 0. The van der Waals surface area contributed by atoms with Crippen LogP contribution in [-0.2, 0) is 16.0 Å². The second-order valence-corrected chi connectivity index (χ2v) is 5.14. The average Bonchev–Trinajstić information content (AvgIpc) is 3.00. The molecule has 0 aliphatic carbocycles. The molecule has 0 aliphatic rings. The van der Waals surface area contributed by atoms with Crippen molar-refractivity contribution in [3.63, 3.8) is 0 Å². The number of nitrogens with one attached hydrogen (secondary N) is 1.